The second-order valence-corrected chi connectivity index (χ2v) is 20.6. The van der Waals surface area contributed by atoms with E-state index in [2.05, 4.69) is 113 Å². The topological polar surface area (TPSA) is 74.3 Å². The number of rotatable bonds is 20. The minimum atomic E-state index is -3.68. The van der Waals surface area contributed by atoms with E-state index in [1.54, 1.807) is 16.4 Å². The second kappa shape index (κ2) is 26.2. The molecular weight excluding hydrogens is 885 g/mol. The highest BCUT2D eigenvalue weighted by molar-refractivity contribution is 7.89. The van der Waals surface area contributed by atoms with Crippen molar-refractivity contribution in [3.8, 4) is 11.5 Å². The van der Waals surface area contributed by atoms with Crippen molar-refractivity contribution in [2.75, 3.05) is 26.2 Å². The van der Waals surface area contributed by atoms with Crippen molar-refractivity contribution >= 4 is 10.0 Å². The van der Waals surface area contributed by atoms with Gasteiger partial charge in [-0.3, -0.25) is 9.80 Å². The van der Waals surface area contributed by atoms with Gasteiger partial charge in [0.05, 0.1) is 4.90 Å². The van der Waals surface area contributed by atoms with Crippen LogP contribution in [0.15, 0.2) is 199 Å². The molecule has 8 nitrogen and oxygen atoms in total. The predicted octanol–water partition coefficient (Wildman–Crippen LogP) is 12.1. The number of likely N-dealkylation sites (tertiary alicyclic amines) is 2. The Morgan fingerprint density at radius 2 is 0.900 bits per heavy atom. The smallest absolute Gasteiger partial charge is 0.243 e. The minimum Gasteiger partial charge on any atom is -0.489 e. The molecule has 0 bridgehead atoms. The molecule has 2 heterocycles. The van der Waals surface area contributed by atoms with Crippen molar-refractivity contribution in [2.24, 2.45) is 0 Å². The van der Waals surface area contributed by atoms with E-state index < -0.39 is 10.0 Å². The van der Waals surface area contributed by atoms with Crippen LogP contribution in [-0.4, -0.2) is 60.8 Å². The third-order valence-corrected chi connectivity index (χ3v) is 15.3. The highest BCUT2D eigenvalue weighted by Gasteiger charge is 2.34. The lowest BCUT2D eigenvalue weighted by Crippen LogP contribution is -2.46. The summed E-state index contributed by atoms with van der Waals surface area (Å²) in [6.07, 6.45) is 6.01. The summed E-state index contributed by atoms with van der Waals surface area (Å²) < 4.78 is 41.8. The lowest BCUT2D eigenvalue weighted by molar-refractivity contribution is 0.150. The summed E-state index contributed by atoms with van der Waals surface area (Å²) in [5.41, 5.74) is 8.43. The number of benzene rings is 7. The van der Waals surface area contributed by atoms with Crippen LogP contribution in [0, 0.1) is 0 Å². The van der Waals surface area contributed by atoms with Crippen molar-refractivity contribution in [1.82, 2.24) is 19.4 Å². The summed E-state index contributed by atoms with van der Waals surface area (Å²) in [6, 6.07) is 65.9. The minimum absolute atomic E-state index is 0.0589. The Morgan fingerprint density at radius 1 is 0.486 bits per heavy atom. The maximum atomic E-state index is 14.1. The van der Waals surface area contributed by atoms with E-state index in [4.69, 9.17) is 9.47 Å². The SMILES string of the molecule is CCCc1ccc(S(=O)(=O)N(Cc2ccc(OCc3ccccc3)cc2)C2CCN(Cc3ccccc3)CC2)cc1.c1ccc(COc2ccc(CNC3CCN(Cc4ccccc4)CC3)cc2)cc1. The number of nitrogens with one attached hydrogen (secondary N) is 1. The van der Waals surface area contributed by atoms with Crippen molar-refractivity contribution < 1.29 is 17.9 Å². The van der Waals surface area contributed by atoms with Crippen LogP contribution in [0.1, 0.15) is 78.0 Å². The van der Waals surface area contributed by atoms with Gasteiger partial charge in [-0.25, -0.2) is 8.42 Å². The van der Waals surface area contributed by atoms with Crippen molar-refractivity contribution in [3.63, 3.8) is 0 Å². The molecule has 364 valence electrons. The lowest BCUT2D eigenvalue weighted by atomic mass is 10.0. The molecule has 7 aromatic carbocycles. The number of hydrogen-bond acceptors (Lipinski definition) is 7. The third-order valence-electron chi connectivity index (χ3n) is 13.4. The Hall–Kier alpha value is -6.07. The van der Waals surface area contributed by atoms with Gasteiger partial charge in [-0.05, 0) is 121 Å². The first-order valence-electron chi connectivity index (χ1n) is 25.2. The molecule has 0 spiro atoms. The highest BCUT2D eigenvalue weighted by Crippen LogP contribution is 2.29. The molecular formula is C61H70N4O4S. The third kappa shape index (κ3) is 15.5. The fourth-order valence-electron chi connectivity index (χ4n) is 9.32. The summed E-state index contributed by atoms with van der Waals surface area (Å²) in [7, 11) is -3.68. The quantitative estimate of drug-likeness (QED) is 0.0816. The van der Waals surface area contributed by atoms with Crippen LogP contribution in [0.2, 0.25) is 0 Å². The van der Waals surface area contributed by atoms with Gasteiger partial charge in [0, 0.05) is 51.4 Å². The molecule has 2 aliphatic heterocycles. The van der Waals surface area contributed by atoms with Gasteiger partial charge in [-0.1, -0.05) is 171 Å². The van der Waals surface area contributed by atoms with E-state index in [1.807, 2.05) is 91.0 Å². The molecule has 7 aromatic rings. The van der Waals surface area contributed by atoms with E-state index in [-0.39, 0.29) is 6.04 Å². The Bertz CT molecular complexity index is 2660. The number of aryl methyl sites for hydroxylation is 1. The first-order valence-corrected chi connectivity index (χ1v) is 26.7. The van der Waals surface area contributed by atoms with Crippen molar-refractivity contribution in [1.29, 1.82) is 0 Å². The Kier molecular flexibility index (Phi) is 18.9. The standard InChI is InChI=1S/C35H40N2O3S.C26H30N2O/c1-2-9-29-16-20-35(21-17-29)41(38,39)37(33-22-24-36(25-23-33)26-30-10-5-3-6-11-30)27-31-14-18-34(19-15-31)40-28-32-12-7-4-8-13-32;1-3-7-23(8-4-1)20-28-17-15-25(16-18-28)27-19-22-11-13-26(14-12-22)29-21-24-9-5-2-6-10-24/h3-8,10-21,33H,2,9,22-28H2,1H3;1-14,25,27H,15-21H2. The molecule has 0 unspecified atom stereocenters. The Balaban J connectivity index is 0.000000200. The highest BCUT2D eigenvalue weighted by atomic mass is 32.2. The summed E-state index contributed by atoms with van der Waals surface area (Å²) in [6.45, 7) is 10.5. The summed E-state index contributed by atoms with van der Waals surface area (Å²) >= 11 is 0. The first kappa shape index (κ1) is 50.3. The zero-order valence-electron chi connectivity index (χ0n) is 40.8. The molecule has 1 N–H and O–H groups in total. The number of nitrogens with zero attached hydrogens (tertiary/aromatic N) is 3. The van der Waals surface area contributed by atoms with Gasteiger partial charge < -0.3 is 14.8 Å². The van der Waals surface area contributed by atoms with Crippen LogP contribution >= 0.6 is 0 Å². The van der Waals surface area contributed by atoms with Crippen LogP contribution in [0.5, 0.6) is 11.5 Å². The molecule has 2 aliphatic rings. The predicted molar refractivity (Wildman–Crippen MR) is 284 cm³/mol. The normalized spacial score (nSPS) is 15.0. The molecule has 9 heteroatoms. The molecule has 0 atom stereocenters. The number of ether oxygens (including phenoxy) is 2. The molecule has 9 rings (SSSR count). The molecule has 70 heavy (non-hydrogen) atoms. The zero-order chi connectivity index (χ0) is 48.2. The van der Waals surface area contributed by atoms with Crippen molar-refractivity contribution in [3.05, 3.63) is 233 Å². The maximum Gasteiger partial charge on any atom is 0.243 e. The Morgan fingerprint density at radius 3 is 1.36 bits per heavy atom. The number of piperidine rings is 2. The fourth-order valence-corrected chi connectivity index (χ4v) is 11.0. The molecule has 0 radical (unpaired) electrons. The van der Waals surface area contributed by atoms with Gasteiger partial charge in [-0.2, -0.15) is 4.31 Å². The number of sulfonamides is 1. The molecule has 2 saturated heterocycles. The second-order valence-electron chi connectivity index (χ2n) is 18.7. The molecule has 0 amide bonds. The average molecular weight is 955 g/mol. The van der Waals surface area contributed by atoms with Crippen LogP contribution < -0.4 is 14.8 Å². The van der Waals surface area contributed by atoms with E-state index in [9.17, 15) is 8.42 Å². The van der Waals surface area contributed by atoms with Gasteiger partial charge in [0.15, 0.2) is 0 Å². The van der Waals surface area contributed by atoms with Crippen LogP contribution in [-0.2, 0) is 55.8 Å². The van der Waals surface area contributed by atoms with Crippen LogP contribution in [0.3, 0.4) is 0 Å². The van der Waals surface area contributed by atoms with E-state index in [1.165, 1.54) is 53.7 Å². The maximum absolute atomic E-state index is 14.1. The fraction of sp³-hybridized carbons (Fsp3) is 0.311. The molecule has 0 saturated carbocycles. The number of hydrogen-bond donors (Lipinski definition) is 1. The summed E-state index contributed by atoms with van der Waals surface area (Å²) in [5.74, 6) is 1.69. The van der Waals surface area contributed by atoms with Gasteiger partial charge in [0.25, 0.3) is 0 Å². The summed E-state index contributed by atoms with van der Waals surface area (Å²) in [4.78, 5) is 5.36. The summed E-state index contributed by atoms with van der Waals surface area (Å²) in [5, 5.41) is 3.73. The molecule has 0 aliphatic carbocycles. The average Bonchev–Trinajstić information content (AvgIpc) is 3.41. The van der Waals surface area contributed by atoms with Gasteiger partial charge in [-0.15, -0.1) is 0 Å². The van der Waals surface area contributed by atoms with E-state index in [0.29, 0.717) is 30.7 Å². The van der Waals surface area contributed by atoms with E-state index in [0.717, 1.165) is 81.0 Å². The monoisotopic (exact) mass is 955 g/mol. The largest absolute Gasteiger partial charge is 0.489 e. The van der Waals surface area contributed by atoms with Crippen LogP contribution in [0.25, 0.3) is 0 Å². The zero-order valence-corrected chi connectivity index (χ0v) is 41.6. The molecule has 2 fully saturated rings. The van der Waals surface area contributed by atoms with Gasteiger partial charge >= 0.3 is 0 Å². The van der Waals surface area contributed by atoms with Gasteiger partial charge in [0.1, 0.15) is 24.7 Å². The first-order chi connectivity index (χ1) is 34.4. The van der Waals surface area contributed by atoms with Crippen LogP contribution in [0.4, 0.5) is 0 Å². The lowest BCUT2D eigenvalue weighted by Gasteiger charge is -2.38. The van der Waals surface area contributed by atoms with Crippen molar-refractivity contribution in [2.45, 2.75) is 102 Å². The van der Waals surface area contributed by atoms with E-state index >= 15 is 0 Å². The van der Waals surface area contributed by atoms with Gasteiger partial charge in [0.2, 0.25) is 10.0 Å². The Labute approximate surface area is 418 Å². The molecule has 0 aromatic heterocycles.